The van der Waals surface area contributed by atoms with E-state index in [1.807, 2.05) is 7.05 Å². The Hall–Kier alpha value is -0.0700. The van der Waals surface area contributed by atoms with Gasteiger partial charge in [0.25, 0.3) is 0 Å². The number of rotatable bonds is 5. The van der Waals surface area contributed by atoms with Crippen LogP contribution in [0.5, 0.6) is 0 Å². The smallest absolute Gasteiger partial charge is 0.191 e. The van der Waals surface area contributed by atoms with Crippen molar-refractivity contribution in [2.24, 2.45) is 4.99 Å². The van der Waals surface area contributed by atoms with Crippen LogP contribution < -0.4 is 10.6 Å². The molecular weight excluding hydrogens is 288 g/mol. The zero-order chi connectivity index (χ0) is 14.3. The zero-order valence-electron chi connectivity index (χ0n) is 12.8. The molecule has 0 aromatic rings. The van der Waals surface area contributed by atoms with Crippen molar-refractivity contribution in [2.45, 2.75) is 24.5 Å². The van der Waals surface area contributed by atoms with Crippen LogP contribution in [0.25, 0.3) is 0 Å². The molecule has 4 nitrogen and oxygen atoms in total. The van der Waals surface area contributed by atoms with Crippen LogP contribution in [0.15, 0.2) is 4.99 Å². The molecule has 2 aliphatic heterocycles. The molecule has 0 bridgehead atoms. The van der Waals surface area contributed by atoms with E-state index in [-0.39, 0.29) is 0 Å². The summed E-state index contributed by atoms with van der Waals surface area (Å²) in [5.74, 6) is 4.81. The highest BCUT2D eigenvalue weighted by molar-refractivity contribution is 8.00. The average molecular weight is 317 g/mol. The Bertz CT molecular complexity index is 310. The standard InChI is InChI=1S/C14H28N4S2/c1-14(4-3-9-20-14)12-17-13(15-2)16-5-6-18-7-10-19-11-8-18/h3-12H2,1-2H3,(H2,15,16,17). The fraction of sp³-hybridized carbons (Fsp3) is 0.929. The third-order valence-corrected chi connectivity index (χ3v) is 6.46. The van der Waals surface area contributed by atoms with Crippen molar-refractivity contribution >= 4 is 29.5 Å². The Balaban J connectivity index is 1.62. The van der Waals surface area contributed by atoms with Crippen molar-refractivity contribution < 1.29 is 0 Å². The highest BCUT2D eigenvalue weighted by Crippen LogP contribution is 2.36. The van der Waals surface area contributed by atoms with Gasteiger partial charge in [0, 0.05) is 56.0 Å². The summed E-state index contributed by atoms with van der Waals surface area (Å²) in [7, 11) is 1.86. The van der Waals surface area contributed by atoms with E-state index in [1.165, 1.54) is 43.2 Å². The number of hydrogen-bond donors (Lipinski definition) is 2. The van der Waals surface area contributed by atoms with Crippen molar-refractivity contribution in [2.75, 3.05) is 57.0 Å². The highest BCUT2D eigenvalue weighted by atomic mass is 32.2. The molecule has 2 saturated heterocycles. The topological polar surface area (TPSA) is 39.7 Å². The van der Waals surface area contributed by atoms with Gasteiger partial charge in [0.2, 0.25) is 0 Å². The molecule has 0 radical (unpaired) electrons. The summed E-state index contributed by atoms with van der Waals surface area (Å²) in [5.41, 5.74) is 0. The summed E-state index contributed by atoms with van der Waals surface area (Å²) in [5, 5.41) is 6.92. The van der Waals surface area contributed by atoms with E-state index in [1.54, 1.807) is 0 Å². The summed E-state index contributed by atoms with van der Waals surface area (Å²) in [6.07, 6.45) is 2.66. The molecule has 0 aromatic carbocycles. The van der Waals surface area contributed by atoms with E-state index in [0.29, 0.717) is 4.75 Å². The molecule has 0 amide bonds. The maximum atomic E-state index is 4.33. The van der Waals surface area contributed by atoms with Gasteiger partial charge in [-0.3, -0.25) is 9.89 Å². The normalized spacial score (nSPS) is 28.6. The van der Waals surface area contributed by atoms with Gasteiger partial charge in [-0.25, -0.2) is 0 Å². The fourth-order valence-electron chi connectivity index (χ4n) is 2.62. The van der Waals surface area contributed by atoms with Crippen LogP contribution in [0.4, 0.5) is 0 Å². The molecule has 2 rings (SSSR count). The third-order valence-electron chi connectivity index (χ3n) is 3.98. The predicted octanol–water partition coefficient (Wildman–Crippen LogP) is 1.49. The van der Waals surface area contributed by atoms with Gasteiger partial charge in [0.15, 0.2) is 5.96 Å². The molecule has 2 aliphatic rings. The molecule has 2 N–H and O–H groups in total. The largest absolute Gasteiger partial charge is 0.355 e. The molecule has 0 spiro atoms. The van der Waals surface area contributed by atoms with E-state index >= 15 is 0 Å². The van der Waals surface area contributed by atoms with Crippen molar-refractivity contribution in [1.29, 1.82) is 0 Å². The highest BCUT2D eigenvalue weighted by Gasteiger charge is 2.29. The molecule has 2 fully saturated rings. The van der Waals surface area contributed by atoms with Gasteiger partial charge >= 0.3 is 0 Å². The Kier molecular flexibility index (Phi) is 6.84. The maximum Gasteiger partial charge on any atom is 0.191 e. The molecule has 2 heterocycles. The minimum atomic E-state index is 0.391. The first-order valence-electron chi connectivity index (χ1n) is 7.60. The Morgan fingerprint density at radius 1 is 1.25 bits per heavy atom. The summed E-state index contributed by atoms with van der Waals surface area (Å²) < 4.78 is 0.391. The number of nitrogens with zero attached hydrogens (tertiary/aromatic N) is 2. The van der Waals surface area contributed by atoms with Gasteiger partial charge in [-0.05, 0) is 25.5 Å². The number of hydrogen-bond acceptors (Lipinski definition) is 4. The molecule has 0 aliphatic carbocycles. The van der Waals surface area contributed by atoms with E-state index in [0.717, 1.165) is 25.6 Å². The van der Waals surface area contributed by atoms with Crippen LogP contribution in [0, 0.1) is 0 Å². The second-order valence-electron chi connectivity index (χ2n) is 5.71. The lowest BCUT2D eigenvalue weighted by Gasteiger charge is -2.27. The summed E-state index contributed by atoms with van der Waals surface area (Å²) >= 11 is 4.15. The summed E-state index contributed by atoms with van der Waals surface area (Å²) in [6, 6.07) is 0. The first kappa shape index (κ1) is 16.3. The fourth-order valence-corrected chi connectivity index (χ4v) is 4.85. The summed E-state index contributed by atoms with van der Waals surface area (Å²) in [4.78, 5) is 6.86. The number of nitrogens with one attached hydrogen (secondary N) is 2. The van der Waals surface area contributed by atoms with E-state index in [2.05, 4.69) is 51.0 Å². The minimum Gasteiger partial charge on any atom is -0.355 e. The molecule has 1 unspecified atom stereocenters. The van der Waals surface area contributed by atoms with Crippen LogP contribution in [0.1, 0.15) is 19.8 Å². The number of thioether (sulfide) groups is 2. The second-order valence-corrected chi connectivity index (χ2v) is 8.62. The summed E-state index contributed by atoms with van der Waals surface area (Å²) in [6.45, 7) is 7.93. The van der Waals surface area contributed by atoms with Gasteiger partial charge in [-0.2, -0.15) is 23.5 Å². The van der Waals surface area contributed by atoms with E-state index in [9.17, 15) is 0 Å². The van der Waals surface area contributed by atoms with Crippen molar-refractivity contribution in [3.63, 3.8) is 0 Å². The van der Waals surface area contributed by atoms with Crippen LogP contribution in [0.3, 0.4) is 0 Å². The lowest BCUT2D eigenvalue weighted by molar-refractivity contribution is 0.307. The maximum absolute atomic E-state index is 4.33. The molecule has 1 atom stereocenters. The third kappa shape index (κ3) is 5.37. The van der Waals surface area contributed by atoms with Crippen molar-refractivity contribution in [3.8, 4) is 0 Å². The van der Waals surface area contributed by atoms with Gasteiger partial charge in [-0.15, -0.1) is 0 Å². The molecule has 0 aromatic heterocycles. The first-order chi connectivity index (χ1) is 9.72. The zero-order valence-corrected chi connectivity index (χ0v) is 14.4. The van der Waals surface area contributed by atoms with Gasteiger partial charge in [0.1, 0.15) is 0 Å². The molecule has 20 heavy (non-hydrogen) atoms. The lowest BCUT2D eigenvalue weighted by Crippen LogP contribution is -2.46. The minimum absolute atomic E-state index is 0.391. The molecule has 0 saturated carbocycles. The predicted molar refractivity (Wildman–Crippen MR) is 93.2 cm³/mol. The Morgan fingerprint density at radius 3 is 2.70 bits per heavy atom. The van der Waals surface area contributed by atoms with Crippen LogP contribution in [-0.4, -0.2) is 72.6 Å². The van der Waals surface area contributed by atoms with Crippen molar-refractivity contribution in [3.05, 3.63) is 0 Å². The van der Waals surface area contributed by atoms with E-state index in [4.69, 9.17) is 0 Å². The van der Waals surface area contributed by atoms with Crippen LogP contribution >= 0.6 is 23.5 Å². The Labute approximate surface area is 131 Å². The lowest BCUT2D eigenvalue weighted by atomic mass is 10.1. The SMILES string of the molecule is CN=C(NCCN1CCSCC1)NCC1(C)CCCS1. The number of guanidine groups is 1. The number of aliphatic imine (C=N–C) groups is 1. The van der Waals surface area contributed by atoms with Crippen molar-refractivity contribution in [1.82, 2.24) is 15.5 Å². The average Bonchev–Trinajstić information content (AvgIpc) is 2.91. The van der Waals surface area contributed by atoms with Gasteiger partial charge < -0.3 is 10.6 Å². The first-order valence-corrected chi connectivity index (χ1v) is 9.74. The molecule has 116 valence electrons. The van der Waals surface area contributed by atoms with Gasteiger partial charge in [-0.1, -0.05) is 0 Å². The van der Waals surface area contributed by atoms with E-state index < -0.39 is 0 Å². The molecule has 6 heteroatoms. The molecular formula is C14H28N4S2. The monoisotopic (exact) mass is 316 g/mol. The van der Waals surface area contributed by atoms with Crippen LogP contribution in [0.2, 0.25) is 0 Å². The van der Waals surface area contributed by atoms with Gasteiger partial charge in [0.05, 0.1) is 0 Å². The Morgan fingerprint density at radius 2 is 2.05 bits per heavy atom. The quantitative estimate of drug-likeness (QED) is 0.594. The van der Waals surface area contributed by atoms with Crippen LogP contribution in [-0.2, 0) is 0 Å². The second kappa shape index (κ2) is 8.39.